The Morgan fingerprint density at radius 2 is 2.25 bits per heavy atom. The molecule has 1 aromatic rings. The van der Waals surface area contributed by atoms with Crippen LogP contribution in [0.15, 0.2) is 22.7 Å². The molecule has 0 saturated carbocycles. The second-order valence-corrected chi connectivity index (χ2v) is 5.56. The zero-order valence-corrected chi connectivity index (χ0v) is 12.6. The first-order valence-electron chi connectivity index (χ1n) is 6.48. The number of rotatable bonds is 4. The van der Waals surface area contributed by atoms with E-state index in [-0.39, 0.29) is 23.5 Å². The van der Waals surface area contributed by atoms with Gasteiger partial charge in [0.1, 0.15) is 0 Å². The van der Waals surface area contributed by atoms with E-state index in [0.29, 0.717) is 16.8 Å². The maximum atomic E-state index is 12.2. The highest BCUT2D eigenvalue weighted by Crippen LogP contribution is 2.28. The largest absolute Gasteiger partial charge is 0.478 e. The van der Waals surface area contributed by atoms with Crippen molar-refractivity contribution in [2.75, 3.05) is 11.9 Å². The Hall–Kier alpha value is -1.40. The van der Waals surface area contributed by atoms with Gasteiger partial charge >= 0.3 is 5.97 Å². The Bertz CT molecular complexity index is 532. The number of hydrogen-bond acceptors (Lipinski definition) is 3. The molecule has 2 N–H and O–H groups in total. The number of halogens is 1. The summed E-state index contributed by atoms with van der Waals surface area (Å²) in [7, 11) is 0. The maximum absolute atomic E-state index is 12.2. The molecule has 0 radical (unpaired) electrons. The number of aromatic carboxylic acids is 1. The van der Waals surface area contributed by atoms with Gasteiger partial charge in [0.25, 0.3) is 0 Å². The van der Waals surface area contributed by atoms with Crippen LogP contribution < -0.4 is 5.32 Å². The summed E-state index contributed by atoms with van der Waals surface area (Å²) in [5.41, 5.74) is 0.743. The van der Waals surface area contributed by atoms with Crippen LogP contribution >= 0.6 is 15.9 Å². The van der Waals surface area contributed by atoms with E-state index < -0.39 is 5.97 Å². The van der Waals surface area contributed by atoms with Crippen LogP contribution in [-0.2, 0) is 9.53 Å². The fraction of sp³-hybridized carbons (Fsp3) is 0.429. The molecule has 5 nitrogen and oxygen atoms in total. The monoisotopic (exact) mass is 341 g/mol. The fourth-order valence-corrected chi connectivity index (χ4v) is 2.80. The van der Waals surface area contributed by atoms with Crippen LogP contribution in [0.25, 0.3) is 0 Å². The molecule has 1 amide bonds. The van der Waals surface area contributed by atoms with Crippen molar-refractivity contribution in [2.24, 2.45) is 5.92 Å². The molecular weight excluding hydrogens is 326 g/mol. The molecule has 0 spiro atoms. The van der Waals surface area contributed by atoms with Crippen LogP contribution in [0.2, 0.25) is 0 Å². The summed E-state index contributed by atoms with van der Waals surface area (Å²) in [5, 5.41) is 11.7. The SMILES string of the molecule is CCC1OCCC1C(=O)Nc1ccc(C(=O)O)cc1Br. The van der Waals surface area contributed by atoms with Crippen molar-refractivity contribution in [3.05, 3.63) is 28.2 Å². The van der Waals surface area contributed by atoms with Crippen molar-refractivity contribution >= 4 is 33.5 Å². The fourth-order valence-electron chi connectivity index (χ4n) is 2.33. The zero-order valence-electron chi connectivity index (χ0n) is 11.1. The lowest BCUT2D eigenvalue weighted by atomic mass is 9.98. The second kappa shape index (κ2) is 6.37. The number of carbonyl (C=O) groups excluding carboxylic acids is 1. The third kappa shape index (κ3) is 3.19. The van der Waals surface area contributed by atoms with Crippen molar-refractivity contribution in [2.45, 2.75) is 25.9 Å². The van der Waals surface area contributed by atoms with Crippen LogP contribution in [0, 0.1) is 5.92 Å². The maximum Gasteiger partial charge on any atom is 0.335 e. The van der Waals surface area contributed by atoms with Crippen molar-refractivity contribution in [1.82, 2.24) is 0 Å². The zero-order chi connectivity index (χ0) is 14.7. The van der Waals surface area contributed by atoms with Crippen molar-refractivity contribution < 1.29 is 19.4 Å². The normalized spacial score (nSPS) is 21.7. The quantitative estimate of drug-likeness (QED) is 0.882. The lowest BCUT2D eigenvalue weighted by Crippen LogP contribution is -2.29. The van der Waals surface area contributed by atoms with E-state index in [0.717, 1.165) is 12.8 Å². The summed E-state index contributed by atoms with van der Waals surface area (Å²) in [6.45, 7) is 2.60. The summed E-state index contributed by atoms with van der Waals surface area (Å²) < 4.78 is 6.06. The van der Waals surface area contributed by atoms with Crippen LogP contribution in [-0.4, -0.2) is 29.7 Å². The first-order valence-corrected chi connectivity index (χ1v) is 7.27. The van der Waals surface area contributed by atoms with Gasteiger partial charge in [0, 0.05) is 11.1 Å². The van der Waals surface area contributed by atoms with Gasteiger partial charge in [-0.05, 0) is 47.0 Å². The first-order chi connectivity index (χ1) is 9.52. The Labute approximate surface area is 125 Å². The number of benzene rings is 1. The van der Waals surface area contributed by atoms with Crippen molar-refractivity contribution in [3.63, 3.8) is 0 Å². The molecule has 0 aromatic heterocycles. The van der Waals surface area contributed by atoms with E-state index in [1.807, 2.05) is 6.92 Å². The Morgan fingerprint density at radius 1 is 1.50 bits per heavy atom. The van der Waals surface area contributed by atoms with E-state index in [2.05, 4.69) is 21.2 Å². The molecule has 20 heavy (non-hydrogen) atoms. The molecule has 2 atom stereocenters. The molecule has 108 valence electrons. The number of carboxylic acid groups (broad SMARTS) is 1. The average Bonchev–Trinajstić information content (AvgIpc) is 2.89. The number of carboxylic acids is 1. The molecule has 1 aliphatic heterocycles. The van der Waals surface area contributed by atoms with Crippen LogP contribution in [0.5, 0.6) is 0 Å². The van der Waals surface area contributed by atoms with Crippen molar-refractivity contribution in [3.8, 4) is 0 Å². The first kappa shape index (κ1) is 15.0. The predicted octanol–water partition coefficient (Wildman–Crippen LogP) is 2.90. The van der Waals surface area contributed by atoms with Crippen molar-refractivity contribution in [1.29, 1.82) is 0 Å². The molecule has 1 fully saturated rings. The molecule has 1 heterocycles. The number of carbonyl (C=O) groups is 2. The average molecular weight is 342 g/mol. The molecular formula is C14H16BrNO4. The van der Waals surface area contributed by atoms with Gasteiger partial charge in [-0.1, -0.05) is 6.92 Å². The Kier molecular flexibility index (Phi) is 4.77. The number of amides is 1. The standard InChI is InChI=1S/C14H16BrNO4/c1-2-12-9(5-6-20-12)13(17)16-11-4-3-8(14(18)19)7-10(11)15/h3-4,7,9,12H,2,5-6H2,1H3,(H,16,17)(H,18,19). The van der Waals surface area contributed by atoms with Crippen LogP contribution in [0.3, 0.4) is 0 Å². The second-order valence-electron chi connectivity index (χ2n) is 4.70. The van der Waals surface area contributed by atoms with E-state index >= 15 is 0 Å². The van der Waals surface area contributed by atoms with Gasteiger partial charge in [-0.3, -0.25) is 4.79 Å². The minimum atomic E-state index is -1.00. The van der Waals surface area contributed by atoms with Gasteiger partial charge in [-0.15, -0.1) is 0 Å². The van der Waals surface area contributed by atoms with Gasteiger partial charge in [-0.2, -0.15) is 0 Å². The topological polar surface area (TPSA) is 75.6 Å². The third-order valence-electron chi connectivity index (χ3n) is 3.42. The van der Waals surface area contributed by atoms with Gasteiger partial charge in [0.15, 0.2) is 0 Å². The third-order valence-corrected chi connectivity index (χ3v) is 4.08. The number of anilines is 1. The molecule has 2 rings (SSSR count). The summed E-state index contributed by atoms with van der Waals surface area (Å²) in [6.07, 6.45) is 1.49. The van der Waals surface area contributed by atoms with Crippen LogP contribution in [0.4, 0.5) is 5.69 Å². The highest BCUT2D eigenvalue weighted by molar-refractivity contribution is 9.10. The van der Waals surface area contributed by atoms with E-state index in [1.54, 1.807) is 6.07 Å². The summed E-state index contributed by atoms with van der Waals surface area (Å²) in [4.78, 5) is 23.1. The molecule has 2 unspecified atom stereocenters. The minimum absolute atomic E-state index is 0.0351. The smallest absolute Gasteiger partial charge is 0.335 e. The highest BCUT2D eigenvalue weighted by Gasteiger charge is 2.32. The van der Waals surface area contributed by atoms with Crippen LogP contribution in [0.1, 0.15) is 30.1 Å². The Balaban J connectivity index is 2.10. The summed E-state index contributed by atoms with van der Waals surface area (Å²) >= 11 is 3.28. The van der Waals surface area contributed by atoms with Gasteiger partial charge in [0.2, 0.25) is 5.91 Å². The summed E-state index contributed by atoms with van der Waals surface area (Å²) in [6, 6.07) is 4.52. The van der Waals surface area contributed by atoms with E-state index in [1.165, 1.54) is 12.1 Å². The van der Waals surface area contributed by atoms with E-state index in [4.69, 9.17) is 9.84 Å². The highest BCUT2D eigenvalue weighted by atomic mass is 79.9. The molecule has 6 heteroatoms. The van der Waals surface area contributed by atoms with Gasteiger partial charge in [-0.25, -0.2) is 4.79 Å². The molecule has 1 aromatic carbocycles. The van der Waals surface area contributed by atoms with Gasteiger partial charge in [0.05, 0.1) is 23.3 Å². The molecule has 0 bridgehead atoms. The van der Waals surface area contributed by atoms with E-state index in [9.17, 15) is 9.59 Å². The lowest BCUT2D eigenvalue weighted by Gasteiger charge is -2.17. The lowest BCUT2D eigenvalue weighted by molar-refractivity contribution is -0.121. The molecule has 1 saturated heterocycles. The summed E-state index contributed by atoms with van der Waals surface area (Å²) in [5.74, 6) is -1.23. The predicted molar refractivity (Wildman–Crippen MR) is 77.9 cm³/mol. The Morgan fingerprint density at radius 3 is 2.85 bits per heavy atom. The number of nitrogens with one attached hydrogen (secondary N) is 1. The molecule has 0 aliphatic carbocycles. The van der Waals surface area contributed by atoms with Gasteiger partial charge < -0.3 is 15.2 Å². The minimum Gasteiger partial charge on any atom is -0.478 e. The number of hydrogen-bond donors (Lipinski definition) is 2. The number of ether oxygens (including phenoxy) is 1. The molecule has 1 aliphatic rings.